The fourth-order valence-electron chi connectivity index (χ4n) is 1.66. The monoisotopic (exact) mass is 278 g/mol. The number of hydrogen-bond acceptors (Lipinski definition) is 6. The van der Waals surface area contributed by atoms with Gasteiger partial charge >= 0.3 is 5.97 Å². The van der Waals surface area contributed by atoms with Crippen molar-refractivity contribution in [3.8, 4) is 0 Å². The first-order valence-corrected chi connectivity index (χ1v) is 6.92. The number of rotatable bonds is 5. The fraction of sp³-hybridized carbons (Fsp3) is 0.308. The normalized spacial score (nSPS) is 10.6. The zero-order valence-corrected chi connectivity index (χ0v) is 11.3. The van der Waals surface area contributed by atoms with Crippen molar-refractivity contribution in [2.24, 2.45) is 0 Å². The van der Waals surface area contributed by atoms with Gasteiger partial charge in [-0.3, -0.25) is 0 Å². The van der Waals surface area contributed by atoms with Gasteiger partial charge in [-0.15, -0.1) is 22.0 Å². The summed E-state index contributed by atoms with van der Waals surface area (Å²) in [6.07, 6.45) is 0. The number of aliphatic hydroxyl groups is 1. The summed E-state index contributed by atoms with van der Waals surface area (Å²) in [6, 6.07) is 7.45. The van der Waals surface area contributed by atoms with Crippen LogP contribution in [0.5, 0.6) is 0 Å². The fourth-order valence-corrected chi connectivity index (χ4v) is 2.54. The lowest BCUT2D eigenvalue weighted by Gasteiger charge is -2.09. The van der Waals surface area contributed by atoms with E-state index in [9.17, 15) is 4.79 Å². The number of fused-ring (bicyclic) bond motifs is 1. The van der Waals surface area contributed by atoms with E-state index in [2.05, 4.69) is 10.2 Å². The number of thioether (sulfide) groups is 1. The van der Waals surface area contributed by atoms with Gasteiger partial charge in [0.25, 0.3) is 0 Å². The van der Waals surface area contributed by atoms with Gasteiger partial charge in [0.1, 0.15) is 0 Å². The van der Waals surface area contributed by atoms with Gasteiger partial charge in [-0.1, -0.05) is 18.2 Å². The van der Waals surface area contributed by atoms with Crippen LogP contribution in [0.3, 0.4) is 0 Å². The predicted molar refractivity (Wildman–Crippen MR) is 73.3 cm³/mol. The first-order chi connectivity index (χ1) is 9.27. The number of aliphatic hydroxyl groups excluding tert-OH is 1. The third-order valence-corrected chi connectivity index (χ3v) is 3.52. The molecular formula is C13H14N2O3S. The third-order valence-electron chi connectivity index (χ3n) is 2.43. The summed E-state index contributed by atoms with van der Waals surface area (Å²) in [5, 5.41) is 17.8. The minimum absolute atomic E-state index is 0.0313. The molecule has 0 atom stereocenters. The van der Waals surface area contributed by atoms with E-state index in [-0.39, 0.29) is 18.9 Å². The highest BCUT2D eigenvalue weighted by Gasteiger charge is 2.18. The highest BCUT2D eigenvalue weighted by molar-refractivity contribution is 7.99. The summed E-state index contributed by atoms with van der Waals surface area (Å²) in [6.45, 7) is 2.06. The van der Waals surface area contributed by atoms with Crippen LogP contribution >= 0.6 is 11.8 Å². The molecule has 0 aliphatic carbocycles. The average molecular weight is 278 g/mol. The van der Waals surface area contributed by atoms with Crippen LogP contribution in [0.15, 0.2) is 29.2 Å². The van der Waals surface area contributed by atoms with Crippen molar-refractivity contribution >= 4 is 28.6 Å². The number of esters is 1. The molecule has 0 radical (unpaired) electrons. The first kappa shape index (κ1) is 13.8. The topological polar surface area (TPSA) is 72.3 Å². The molecule has 2 rings (SSSR count). The number of nitrogens with zero attached hydrogens (tertiary/aromatic N) is 2. The van der Waals surface area contributed by atoms with E-state index in [0.717, 1.165) is 10.9 Å². The van der Waals surface area contributed by atoms with Crippen LogP contribution in [0.4, 0.5) is 0 Å². The summed E-state index contributed by atoms with van der Waals surface area (Å²) in [5.74, 6) is 0.00318. The lowest BCUT2D eigenvalue weighted by Crippen LogP contribution is -2.10. The van der Waals surface area contributed by atoms with Gasteiger partial charge in [-0.25, -0.2) is 4.79 Å². The molecule has 19 heavy (non-hydrogen) atoms. The molecule has 1 aromatic heterocycles. The molecule has 1 heterocycles. The van der Waals surface area contributed by atoms with Gasteiger partial charge in [0.15, 0.2) is 5.69 Å². The van der Waals surface area contributed by atoms with Crippen LogP contribution in [0.1, 0.15) is 17.4 Å². The molecule has 1 aromatic carbocycles. The second-order valence-electron chi connectivity index (χ2n) is 3.69. The quantitative estimate of drug-likeness (QED) is 0.665. The molecule has 0 bridgehead atoms. The Balaban J connectivity index is 2.52. The molecule has 6 heteroatoms. The van der Waals surface area contributed by atoms with Gasteiger partial charge in [0.05, 0.1) is 23.6 Å². The van der Waals surface area contributed by atoms with E-state index in [1.807, 2.05) is 24.3 Å². The molecule has 0 spiro atoms. The lowest BCUT2D eigenvalue weighted by atomic mass is 10.2. The van der Waals surface area contributed by atoms with Crippen molar-refractivity contribution in [2.45, 2.75) is 11.8 Å². The number of ether oxygens (including phenoxy) is 1. The van der Waals surface area contributed by atoms with Gasteiger partial charge in [-0.05, 0) is 13.0 Å². The highest BCUT2D eigenvalue weighted by atomic mass is 32.2. The average Bonchev–Trinajstić information content (AvgIpc) is 2.44. The standard InChI is InChI=1S/C13H14N2O3S/c1-2-18-13(17)11-12(19-8-7-16)9-5-3-4-6-10(9)14-15-11/h3-6,16H,2,7-8H2,1H3. The largest absolute Gasteiger partial charge is 0.461 e. The summed E-state index contributed by atoms with van der Waals surface area (Å²) in [7, 11) is 0. The molecule has 0 aliphatic heterocycles. The van der Waals surface area contributed by atoms with Gasteiger partial charge in [0.2, 0.25) is 0 Å². The predicted octanol–water partition coefficient (Wildman–Crippen LogP) is 1.89. The second kappa shape index (κ2) is 6.49. The van der Waals surface area contributed by atoms with E-state index in [1.54, 1.807) is 6.92 Å². The van der Waals surface area contributed by atoms with E-state index >= 15 is 0 Å². The molecule has 1 N–H and O–H groups in total. The van der Waals surface area contributed by atoms with Crippen LogP contribution in [0.2, 0.25) is 0 Å². The van der Waals surface area contributed by atoms with Crippen molar-refractivity contribution in [3.63, 3.8) is 0 Å². The summed E-state index contributed by atoms with van der Waals surface area (Å²) in [4.78, 5) is 12.6. The number of hydrogen-bond donors (Lipinski definition) is 1. The first-order valence-electron chi connectivity index (χ1n) is 5.94. The number of carbonyl (C=O) groups is 1. The molecule has 0 saturated heterocycles. The number of carbonyl (C=O) groups excluding carboxylic acids is 1. The van der Waals surface area contributed by atoms with Gasteiger partial charge in [0, 0.05) is 11.1 Å². The van der Waals surface area contributed by atoms with Gasteiger partial charge in [-0.2, -0.15) is 0 Å². The zero-order chi connectivity index (χ0) is 13.7. The van der Waals surface area contributed by atoms with Crippen LogP contribution in [0, 0.1) is 0 Å². The van der Waals surface area contributed by atoms with Crippen LogP contribution < -0.4 is 0 Å². The Bertz CT molecular complexity index is 589. The Labute approximate surface area is 115 Å². The second-order valence-corrected chi connectivity index (χ2v) is 4.79. The van der Waals surface area contributed by atoms with Crippen molar-refractivity contribution in [1.82, 2.24) is 10.2 Å². The third kappa shape index (κ3) is 3.02. The number of benzene rings is 1. The Morgan fingerprint density at radius 2 is 2.16 bits per heavy atom. The maximum Gasteiger partial charge on any atom is 0.360 e. The smallest absolute Gasteiger partial charge is 0.360 e. The van der Waals surface area contributed by atoms with Crippen molar-refractivity contribution in [1.29, 1.82) is 0 Å². The molecule has 0 saturated carbocycles. The molecule has 2 aromatic rings. The molecule has 0 amide bonds. The van der Waals surface area contributed by atoms with E-state index in [4.69, 9.17) is 9.84 Å². The summed E-state index contributed by atoms with van der Waals surface area (Å²) >= 11 is 1.38. The zero-order valence-electron chi connectivity index (χ0n) is 10.5. The van der Waals surface area contributed by atoms with Crippen LogP contribution in [-0.2, 0) is 4.74 Å². The van der Waals surface area contributed by atoms with E-state index in [1.165, 1.54) is 11.8 Å². The molecule has 100 valence electrons. The van der Waals surface area contributed by atoms with Crippen LogP contribution in [0.25, 0.3) is 10.9 Å². The molecule has 0 unspecified atom stereocenters. The van der Waals surface area contributed by atoms with Crippen LogP contribution in [-0.4, -0.2) is 40.2 Å². The van der Waals surface area contributed by atoms with Crippen molar-refractivity contribution in [2.75, 3.05) is 19.0 Å². The minimum atomic E-state index is -0.485. The minimum Gasteiger partial charge on any atom is -0.461 e. The SMILES string of the molecule is CCOC(=O)c1nnc2ccccc2c1SCCO. The molecule has 0 fully saturated rings. The Morgan fingerprint density at radius 1 is 1.37 bits per heavy atom. The van der Waals surface area contributed by atoms with E-state index < -0.39 is 5.97 Å². The summed E-state index contributed by atoms with van der Waals surface area (Å²) < 4.78 is 4.98. The Hall–Kier alpha value is -1.66. The number of aromatic nitrogens is 2. The lowest BCUT2D eigenvalue weighted by molar-refractivity contribution is 0.0514. The maximum absolute atomic E-state index is 11.9. The maximum atomic E-state index is 11.9. The summed E-state index contributed by atoms with van der Waals surface area (Å²) in [5.41, 5.74) is 0.926. The van der Waals surface area contributed by atoms with Crippen molar-refractivity contribution < 1.29 is 14.6 Å². The van der Waals surface area contributed by atoms with Crippen molar-refractivity contribution in [3.05, 3.63) is 30.0 Å². The van der Waals surface area contributed by atoms with Gasteiger partial charge < -0.3 is 9.84 Å². The Kier molecular flexibility index (Phi) is 4.70. The van der Waals surface area contributed by atoms with E-state index in [0.29, 0.717) is 10.6 Å². The molecular weight excluding hydrogens is 264 g/mol. The highest BCUT2D eigenvalue weighted by Crippen LogP contribution is 2.29. The molecule has 0 aliphatic rings. The molecule has 5 nitrogen and oxygen atoms in total. The Morgan fingerprint density at radius 3 is 2.89 bits per heavy atom.